The molecule has 0 aromatic carbocycles. The van der Waals surface area contributed by atoms with Crippen molar-refractivity contribution in [2.24, 2.45) is 0 Å². The van der Waals surface area contributed by atoms with Crippen molar-refractivity contribution >= 4 is 11.9 Å². The molecule has 0 saturated carbocycles. The largest absolute Gasteiger partial charge is 0.466 e. The number of aliphatic hydroxyl groups is 2. The van der Waals surface area contributed by atoms with Gasteiger partial charge in [-0.25, -0.2) is 0 Å². The summed E-state index contributed by atoms with van der Waals surface area (Å²) in [5, 5.41) is 23.3. The van der Waals surface area contributed by atoms with Gasteiger partial charge in [0.15, 0.2) is 0 Å². The second kappa shape index (κ2) is 54.9. The first kappa shape index (κ1) is 63.3. The van der Waals surface area contributed by atoms with E-state index in [1.165, 1.54) is 238 Å². The average Bonchev–Trinajstić information content (AvgIpc) is 3.31. The minimum absolute atomic E-state index is 0.00511. The predicted octanol–water partition coefficient (Wildman–Crippen LogP) is 17.9. The number of ether oxygens (including phenoxy) is 1. The highest BCUT2D eigenvalue weighted by Crippen LogP contribution is 2.17. The summed E-state index contributed by atoms with van der Waals surface area (Å²) in [6.07, 6.45) is 65.9. The zero-order valence-corrected chi connectivity index (χ0v) is 43.7. The SMILES string of the molecule is CCCCCC/C=C\CCCCCCCC(=O)OCCCCCCCCCC/C=C\CCCCCCCCCC(=O)NC(CO)C(O)CCCCCCCCCCCCCCCCCC. The smallest absolute Gasteiger partial charge is 0.305 e. The molecule has 0 aliphatic carbocycles. The number of hydrogen-bond acceptors (Lipinski definition) is 5. The van der Waals surface area contributed by atoms with Crippen LogP contribution in [-0.2, 0) is 14.3 Å². The number of hydrogen-bond donors (Lipinski definition) is 3. The molecule has 3 N–H and O–H groups in total. The monoisotopic (exact) mass is 916 g/mol. The summed E-state index contributed by atoms with van der Waals surface area (Å²) in [4.78, 5) is 24.5. The fourth-order valence-electron chi connectivity index (χ4n) is 8.98. The van der Waals surface area contributed by atoms with E-state index >= 15 is 0 Å². The number of amides is 1. The first-order chi connectivity index (χ1) is 32.0. The third-order valence-electron chi connectivity index (χ3n) is 13.5. The summed E-state index contributed by atoms with van der Waals surface area (Å²) in [7, 11) is 0. The molecule has 0 rings (SSSR count). The standard InChI is InChI=1S/C59H113NO5/c1-3-5-7-9-11-13-15-17-18-24-28-31-35-39-43-47-51-57(62)56(55-61)60-58(63)52-48-44-40-36-32-29-25-22-20-19-21-23-26-30-34-38-42-46-50-54-65-59(64)53-49-45-41-37-33-27-16-14-12-10-8-6-4-2/h14,16,19-20,56-57,61-62H,3-13,15,17-18,21-55H2,1-2H3,(H,60,63)/b16-14-,20-19-. The Kier molecular flexibility index (Phi) is 53.5. The number of nitrogens with one attached hydrogen (secondary N) is 1. The Hall–Kier alpha value is -1.66. The maximum absolute atomic E-state index is 12.5. The Morgan fingerprint density at radius 3 is 1.11 bits per heavy atom. The van der Waals surface area contributed by atoms with E-state index in [2.05, 4.69) is 43.5 Å². The quantitative estimate of drug-likeness (QED) is 0.0321. The molecule has 2 atom stereocenters. The summed E-state index contributed by atoms with van der Waals surface area (Å²) < 4.78 is 5.46. The highest BCUT2D eigenvalue weighted by atomic mass is 16.5. The fraction of sp³-hybridized carbons (Fsp3) is 0.898. The van der Waals surface area contributed by atoms with E-state index in [1.807, 2.05) is 0 Å². The van der Waals surface area contributed by atoms with E-state index in [4.69, 9.17) is 4.74 Å². The van der Waals surface area contributed by atoms with E-state index in [0.717, 1.165) is 44.9 Å². The lowest BCUT2D eigenvalue weighted by Crippen LogP contribution is -2.45. The lowest BCUT2D eigenvalue weighted by atomic mass is 10.0. The fourth-order valence-corrected chi connectivity index (χ4v) is 8.98. The first-order valence-corrected chi connectivity index (χ1v) is 29.1. The van der Waals surface area contributed by atoms with Crippen molar-refractivity contribution in [3.63, 3.8) is 0 Å². The Morgan fingerprint density at radius 1 is 0.415 bits per heavy atom. The van der Waals surface area contributed by atoms with Gasteiger partial charge in [-0.3, -0.25) is 9.59 Å². The van der Waals surface area contributed by atoms with Gasteiger partial charge < -0.3 is 20.3 Å². The topological polar surface area (TPSA) is 95.9 Å². The number of allylic oxidation sites excluding steroid dienone is 4. The molecule has 0 spiro atoms. The Bertz CT molecular complexity index is 1010. The van der Waals surface area contributed by atoms with Crippen LogP contribution in [0.5, 0.6) is 0 Å². The molecule has 1 amide bonds. The van der Waals surface area contributed by atoms with E-state index < -0.39 is 12.1 Å². The number of unbranched alkanes of at least 4 members (excludes halogenated alkanes) is 39. The molecule has 384 valence electrons. The van der Waals surface area contributed by atoms with Crippen molar-refractivity contribution in [1.29, 1.82) is 0 Å². The molecular weight excluding hydrogens is 803 g/mol. The van der Waals surface area contributed by atoms with Crippen molar-refractivity contribution < 1.29 is 24.5 Å². The minimum atomic E-state index is -0.670. The van der Waals surface area contributed by atoms with Crippen LogP contribution in [0.1, 0.15) is 316 Å². The molecule has 0 aromatic heterocycles. The number of rotatable bonds is 54. The van der Waals surface area contributed by atoms with Gasteiger partial charge in [0.2, 0.25) is 5.91 Å². The summed E-state index contributed by atoms with van der Waals surface area (Å²) >= 11 is 0. The molecule has 0 aliphatic heterocycles. The molecule has 0 radical (unpaired) electrons. The number of carbonyl (C=O) groups excluding carboxylic acids is 2. The number of aliphatic hydroxyl groups excluding tert-OH is 2. The third-order valence-corrected chi connectivity index (χ3v) is 13.5. The zero-order valence-electron chi connectivity index (χ0n) is 43.7. The van der Waals surface area contributed by atoms with Crippen LogP contribution < -0.4 is 5.32 Å². The number of esters is 1. The van der Waals surface area contributed by atoms with E-state index in [1.54, 1.807) is 0 Å². The molecule has 6 nitrogen and oxygen atoms in total. The molecule has 0 heterocycles. The highest BCUT2D eigenvalue weighted by Gasteiger charge is 2.20. The summed E-state index contributed by atoms with van der Waals surface area (Å²) in [6, 6.07) is -0.548. The Balaban J connectivity index is 3.44. The van der Waals surface area contributed by atoms with E-state index in [9.17, 15) is 19.8 Å². The number of carbonyl (C=O) groups is 2. The average molecular weight is 917 g/mol. The normalized spacial score (nSPS) is 12.7. The Morgan fingerprint density at radius 2 is 0.723 bits per heavy atom. The first-order valence-electron chi connectivity index (χ1n) is 29.1. The van der Waals surface area contributed by atoms with Crippen molar-refractivity contribution in [3.05, 3.63) is 24.3 Å². The maximum atomic E-state index is 12.5. The zero-order chi connectivity index (χ0) is 47.2. The molecule has 65 heavy (non-hydrogen) atoms. The van der Waals surface area contributed by atoms with Crippen LogP contribution in [-0.4, -0.2) is 47.4 Å². The van der Waals surface area contributed by atoms with Crippen molar-refractivity contribution in [3.8, 4) is 0 Å². The molecule has 0 saturated heterocycles. The van der Waals surface area contributed by atoms with E-state index in [-0.39, 0.29) is 18.5 Å². The Labute approximate surface area is 405 Å². The van der Waals surface area contributed by atoms with Crippen LogP contribution in [0.2, 0.25) is 0 Å². The van der Waals surface area contributed by atoms with Gasteiger partial charge in [-0.2, -0.15) is 0 Å². The molecule has 6 heteroatoms. The minimum Gasteiger partial charge on any atom is -0.466 e. The summed E-state index contributed by atoms with van der Waals surface area (Å²) in [5.74, 6) is -0.0483. The van der Waals surface area contributed by atoms with Crippen LogP contribution in [0.25, 0.3) is 0 Å². The van der Waals surface area contributed by atoms with Crippen LogP contribution in [0.15, 0.2) is 24.3 Å². The van der Waals surface area contributed by atoms with Gasteiger partial charge in [0, 0.05) is 12.8 Å². The van der Waals surface area contributed by atoms with E-state index in [0.29, 0.717) is 25.9 Å². The van der Waals surface area contributed by atoms with Crippen LogP contribution in [0, 0.1) is 0 Å². The van der Waals surface area contributed by atoms with Crippen molar-refractivity contribution in [1.82, 2.24) is 5.32 Å². The van der Waals surface area contributed by atoms with Gasteiger partial charge in [-0.05, 0) is 77.0 Å². The maximum Gasteiger partial charge on any atom is 0.305 e. The van der Waals surface area contributed by atoms with Gasteiger partial charge in [0.05, 0.1) is 25.4 Å². The van der Waals surface area contributed by atoms with Gasteiger partial charge in [-0.15, -0.1) is 0 Å². The van der Waals surface area contributed by atoms with Gasteiger partial charge in [0.1, 0.15) is 0 Å². The van der Waals surface area contributed by atoms with Gasteiger partial charge >= 0.3 is 5.97 Å². The lowest BCUT2D eigenvalue weighted by molar-refractivity contribution is -0.143. The molecule has 2 unspecified atom stereocenters. The third kappa shape index (κ3) is 51.6. The van der Waals surface area contributed by atoms with Crippen LogP contribution >= 0.6 is 0 Å². The van der Waals surface area contributed by atoms with Crippen LogP contribution in [0.3, 0.4) is 0 Å². The molecule has 0 bridgehead atoms. The van der Waals surface area contributed by atoms with Gasteiger partial charge in [0.25, 0.3) is 0 Å². The van der Waals surface area contributed by atoms with Gasteiger partial charge in [-0.1, -0.05) is 250 Å². The molecule has 0 aliphatic rings. The van der Waals surface area contributed by atoms with Crippen molar-refractivity contribution in [2.45, 2.75) is 328 Å². The summed E-state index contributed by atoms with van der Waals surface area (Å²) in [5.41, 5.74) is 0. The van der Waals surface area contributed by atoms with Crippen molar-refractivity contribution in [2.75, 3.05) is 13.2 Å². The second-order valence-corrected chi connectivity index (χ2v) is 20.0. The predicted molar refractivity (Wildman–Crippen MR) is 283 cm³/mol. The second-order valence-electron chi connectivity index (χ2n) is 20.0. The van der Waals surface area contributed by atoms with Crippen LogP contribution in [0.4, 0.5) is 0 Å². The molecule has 0 aromatic rings. The molecule has 0 fully saturated rings. The summed E-state index contributed by atoms with van der Waals surface area (Å²) in [6.45, 7) is 4.93. The highest BCUT2D eigenvalue weighted by molar-refractivity contribution is 5.76. The molecular formula is C59H113NO5. The lowest BCUT2D eigenvalue weighted by Gasteiger charge is -2.22.